The van der Waals surface area contributed by atoms with Crippen LogP contribution in [0.2, 0.25) is 0 Å². The first-order valence-corrected chi connectivity index (χ1v) is 9.11. The zero-order chi connectivity index (χ0) is 17.8. The fraction of sp³-hybridized carbons (Fsp3) is 0.167. The van der Waals surface area contributed by atoms with Gasteiger partial charge in [-0.25, -0.2) is 0 Å². The third-order valence-corrected chi connectivity index (χ3v) is 5.17. The van der Waals surface area contributed by atoms with Gasteiger partial charge in [0.15, 0.2) is 6.61 Å². The molecule has 0 saturated carbocycles. The number of benzene rings is 2. The summed E-state index contributed by atoms with van der Waals surface area (Å²) >= 11 is 2.77. The Hall–Kier alpha value is -2.69. The maximum absolute atomic E-state index is 11.1. The van der Waals surface area contributed by atoms with E-state index in [-0.39, 0.29) is 12.2 Å². The van der Waals surface area contributed by atoms with Gasteiger partial charge in [0, 0.05) is 0 Å². The summed E-state index contributed by atoms with van der Waals surface area (Å²) in [6, 6.07) is 13.9. The van der Waals surface area contributed by atoms with Gasteiger partial charge in [0.05, 0.1) is 20.2 Å². The Kier molecular flexibility index (Phi) is 5.12. The van der Waals surface area contributed by atoms with Crippen molar-refractivity contribution in [3.63, 3.8) is 0 Å². The number of rotatable bonds is 2. The highest BCUT2D eigenvalue weighted by molar-refractivity contribution is 7.13. The topological polar surface area (TPSA) is 78.8 Å². The molecule has 0 fully saturated rings. The van der Waals surface area contributed by atoms with Crippen molar-refractivity contribution >= 4 is 43.2 Å². The van der Waals surface area contributed by atoms with E-state index in [9.17, 15) is 4.79 Å². The van der Waals surface area contributed by atoms with E-state index in [1.54, 1.807) is 0 Å². The highest BCUT2D eigenvalue weighted by Crippen LogP contribution is 2.29. The Labute approximate surface area is 152 Å². The number of H-pyrrole nitrogens is 1. The van der Waals surface area contributed by atoms with Gasteiger partial charge in [0.1, 0.15) is 6.07 Å². The molecule has 0 unspecified atom stereocenters. The van der Waals surface area contributed by atoms with Gasteiger partial charge in [0.2, 0.25) is 5.88 Å². The van der Waals surface area contributed by atoms with Crippen LogP contribution < -0.4 is 10.3 Å². The number of nitrogens with zero attached hydrogens (tertiary/aromatic N) is 2. The summed E-state index contributed by atoms with van der Waals surface area (Å²) in [4.78, 5) is 11.1. The Morgan fingerprint density at radius 1 is 1.12 bits per heavy atom. The quantitative estimate of drug-likeness (QED) is 0.568. The molecule has 0 radical (unpaired) electrons. The smallest absolute Gasteiger partial charge is 0.265 e. The number of hydrogen-bond donors (Lipinski definition) is 1. The van der Waals surface area contributed by atoms with E-state index in [1.807, 2.05) is 56.3 Å². The number of nitrogens with one attached hydrogen (secondary N) is 1. The second-order valence-electron chi connectivity index (χ2n) is 5.47. The Morgan fingerprint density at radius 3 is 2.52 bits per heavy atom. The first-order valence-electron chi connectivity index (χ1n) is 7.52. The lowest BCUT2D eigenvalue weighted by Gasteiger charge is -1.97. The molecule has 5 nitrogen and oxygen atoms in total. The van der Waals surface area contributed by atoms with Gasteiger partial charge < -0.3 is 4.74 Å². The van der Waals surface area contributed by atoms with Crippen LogP contribution in [0, 0.1) is 25.2 Å². The number of hydrogen-bond acceptors (Lipinski definition) is 6. The summed E-state index contributed by atoms with van der Waals surface area (Å²) in [5.74, 6) is 0.565. The van der Waals surface area contributed by atoms with Crippen molar-refractivity contribution in [2.24, 2.45) is 0 Å². The molecule has 0 aliphatic heterocycles. The Balaban J connectivity index is 0.000000150. The Bertz CT molecular complexity index is 1120. The van der Waals surface area contributed by atoms with Gasteiger partial charge in [0.25, 0.3) is 5.56 Å². The highest BCUT2D eigenvalue weighted by atomic mass is 32.1. The van der Waals surface area contributed by atoms with Crippen molar-refractivity contribution in [3.8, 4) is 11.9 Å². The Morgan fingerprint density at radius 2 is 1.80 bits per heavy atom. The zero-order valence-electron chi connectivity index (χ0n) is 13.7. The van der Waals surface area contributed by atoms with Gasteiger partial charge in [-0.15, -0.1) is 0 Å². The molecule has 0 atom stereocenters. The number of nitriles is 1. The molecule has 0 bridgehead atoms. The molecule has 0 spiro atoms. The average Bonchev–Trinajstić information content (AvgIpc) is 3.17. The summed E-state index contributed by atoms with van der Waals surface area (Å²) in [7, 11) is 0. The van der Waals surface area contributed by atoms with Gasteiger partial charge in [-0.2, -0.15) is 9.64 Å². The number of aromatic amines is 1. The van der Waals surface area contributed by atoms with Crippen LogP contribution >= 0.6 is 23.1 Å². The van der Waals surface area contributed by atoms with Crippen molar-refractivity contribution in [1.29, 1.82) is 5.26 Å². The molecule has 0 aliphatic carbocycles. The lowest BCUT2D eigenvalue weighted by atomic mass is 10.2. The van der Waals surface area contributed by atoms with Gasteiger partial charge in [-0.05, 0) is 49.6 Å². The van der Waals surface area contributed by atoms with Crippen molar-refractivity contribution in [3.05, 3.63) is 57.9 Å². The van der Waals surface area contributed by atoms with E-state index in [0.29, 0.717) is 5.88 Å². The number of aryl methyl sites for hydroxylation is 2. The minimum Gasteiger partial charge on any atom is -0.461 e. The number of ether oxygens (including phenoxy) is 1. The maximum atomic E-state index is 11.1. The lowest BCUT2D eigenvalue weighted by Crippen LogP contribution is -1.95. The highest BCUT2D eigenvalue weighted by Gasteiger charge is 2.06. The van der Waals surface area contributed by atoms with E-state index >= 15 is 0 Å². The summed E-state index contributed by atoms with van der Waals surface area (Å²) < 4.78 is 14.1. The monoisotopic (exact) mass is 369 g/mol. The molecule has 126 valence electrons. The third kappa shape index (κ3) is 3.87. The average molecular weight is 369 g/mol. The predicted octanol–water partition coefficient (Wildman–Crippen LogP) is 4.41. The van der Waals surface area contributed by atoms with Crippen LogP contribution in [-0.2, 0) is 0 Å². The normalized spacial score (nSPS) is 10.3. The standard InChI is InChI=1S/C10H8N2OS.C8H7NOS/c1-7-2-3-9-8(6-7)10(12-14-9)13-5-4-11;1-5-2-3-7-6(4-5)8(10)9-11-7/h2-3,6H,5H2,1H3;2-4H,1H3,(H,9,10). The predicted molar refractivity (Wildman–Crippen MR) is 103 cm³/mol. The van der Waals surface area contributed by atoms with Crippen LogP contribution in [0.1, 0.15) is 11.1 Å². The minimum atomic E-state index is 0.0219. The zero-order valence-corrected chi connectivity index (χ0v) is 15.3. The first-order chi connectivity index (χ1) is 12.1. The molecule has 4 aromatic rings. The van der Waals surface area contributed by atoms with Gasteiger partial charge in [-0.3, -0.25) is 9.17 Å². The van der Waals surface area contributed by atoms with E-state index in [0.717, 1.165) is 25.7 Å². The molecule has 4 rings (SSSR count). The molecule has 2 heterocycles. The van der Waals surface area contributed by atoms with Crippen LogP contribution in [-0.4, -0.2) is 15.4 Å². The van der Waals surface area contributed by atoms with E-state index in [4.69, 9.17) is 10.00 Å². The van der Waals surface area contributed by atoms with Gasteiger partial charge in [-0.1, -0.05) is 34.8 Å². The molecule has 0 amide bonds. The van der Waals surface area contributed by atoms with Crippen LogP contribution in [0.15, 0.2) is 41.2 Å². The van der Waals surface area contributed by atoms with Crippen LogP contribution in [0.4, 0.5) is 0 Å². The van der Waals surface area contributed by atoms with E-state index < -0.39 is 0 Å². The number of fused-ring (bicyclic) bond motifs is 2. The molecule has 0 saturated heterocycles. The third-order valence-electron chi connectivity index (χ3n) is 3.50. The lowest BCUT2D eigenvalue weighted by molar-refractivity contribution is 0.362. The second-order valence-corrected chi connectivity index (χ2v) is 7.12. The molecule has 2 aromatic heterocycles. The molecule has 2 aromatic carbocycles. The summed E-state index contributed by atoms with van der Waals surface area (Å²) in [6.45, 7) is 4.05. The summed E-state index contributed by atoms with van der Waals surface area (Å²) in [6.07, 6.45) is 0. The van der Waals surface area contributed by atoms with E-state index in [2.05, 4.69) is 8.75 Å². The fourth-order valence-corrected chi connectivity index (χ4v) is 3.72. The molecule has 1 N–H and O–H groups in total. The minimum absolute atomic E-state index is 0.0219. The molecule has 7 heteroatoms. The molecule has 25 heavy (non-hydrogen) atoms. The van der Waals surface area contributed by atoms with Crippen molar-refractivity contribution in [1.82, 2.24) is 8.75 Å². The van der Waals surface area contributed by atoms with Crippen molar-refractivity contribution in [2.45, 2.75) is 13.8 Å². The van der Waals surface area contributed by atoms with Crippen molar-refractivity contribution < 1.29 is 4.74 Å². The number of aromatic nitrogens is 2. The van der Waals surface area contributed by atoms with Crippen LogP contribution in [0.3, 0.4) is 0 Å². The fourth-order valence-electron chi connectivity index (χ4n) is 2.30. The van der Waals surface area contributed by atoms with Crippen LogP contribution in [0.25, 0.3) is 20.2 Å². The molecular formula is C18H15N3O2S2. The maximum Gasteiger partial charge on any atom is 0.265 e. The van der Waals surface area contributed by atoms with Gasteiger partial charge >= 0.3 is 0 Å². The summed E-state index contributed by atoms with van der Waals surface area (Å²) in [5.41, 5.74) is 2.31. The van der Waals surface area contributed by atoms with E-state index in [1.165, 1.54) is 28.6 Å². The molecule has 0 aliphatic rings. The molecular weight excluding hydrogens is 354 g/mol. The largest absolute Gasteiger partial charge is 0.461 e. The summed E-state index contributed by atoms with van der Waals surface area (Å²) in [5, 5.41) is 10.2. The van der Waals surface area contributed by atoms with Crippen molar-refractivity contribution in [2.75, 3.05) is 6.61 Å². The van der Waals surface area contributed by atoms with Crippen LogP contribution in [0.5, 0.6) is 5.88 Å². The SMILES string of the molecule is Cc1ccc2s[nH]c(=O)c2c1.Cc1ccc2snc(OCC#N)c2c1. The first kappa shape index (κ1) is 17.1. The second kappa shape index (κ2) is 7.47.